The first-order chi connectivity index (χ1) is 12.7. The first-order valence-corrected chi connectivity index (χ1v) is 9.26. The van der Waals surface area contributed by atoms with Gasteiger partial charge < -0.3 is 9.64 Å². The molecule has 2 aromatic rings. The third kappa shape index (κ3) is 5.08. The van der Waals surface area contributed by atoms with Gasteiger partial charge in [0.15, 0.2) is 0 Å². The van der Waals surface area contributed by atoms with Crippen LogP contribution in [-0.4, -0.2) is 51.6 Å². The summed E-state index contributed by atoms with van der Waals surface area (Å²) in [6.07, 6.45) is 11.0. The number of hydrogen-bond donors (Lipinski definition) is 0. The molecule has 6 heteroatoms. The minimum atomic E-state index is 0.124. The monoisotopic (exact) mass is 354 g/mol. The molecular weight excluding hydrogens is 328 g/mol. The molecule has 3 rings (SSSR count). The van der Waals surface area contributed by atoms with Crippen LogP contribution >= 0.6 is 0 Å². The maximum absolute atomic E-state index is 12.7. The number of rotatable bonds is 7. The van der Waals surface area contributed by atoms with Crippen molar-refractivity contribution in [3.63, 3.8) is 0 Å². The standard InChI is InChI=1S/C20H26N4O2/c1-16-19(23-12-11-22-16)6-5-18-15-26-14-13-24(18)20(25)4-2-3-17-7-9-21-10-8-17/h7-12,18H,2-6,13-15H2,1H3. The highest BCUT2D eigenvalue weighted by Crippen LogP contribution is 2.16. The van der Waals surface area contributed by atoms with E-state index in [1.165, 1.54) is 5.56 Å². The van der Waals surface area contributed by atoms with Gasteiger partial charge in [-0.3, -0.25) is 19.7 Å². The Morgan fingerprint density at radius 1 is 1.19 bits per heavy atom. The molecule has 0 spiro atoms. The first-order valence-electron chi connectivity index (χ1n) is 9.26. The van der Waals surface area contributed by atoms with Crippen molar-refractivity contribution in [3.05, 3.63) is 53.9 Å². The molecule has 2 aromatic heterocycles. The van der Waals surface area contributed by atoms with Gasteiger partial charge >= 0.3 is 0 Å². The second-order valence-corrected chi connectivity index (χ2v) is 6.65. The Morgan fingerprint density at radius 2 is 2.00 bits per heavy atom. The first kappa shape index (κ1) is 18.5. The highest BCUT2D eigenvalue weighted by molar-refractivity contribution is 5.76. The fourth-order valence-corrected chi connectivity index (χ4v) is 3.34. The Balaban J connectivity index is 1.51. The maximum Gasteiger partial charge on any atom is 0.222 e. The quantitative estimate of drug-likeness (QED) is 0.763. The van der Waals surface area contributed by atoms with E-state index >= 15 is 0 Å². The predicted molar refractivity (Wildman–Crippen MR) is 98.6 cm³/mol. The van der Waals surface area contributed by atoms with Crippen molar-refractivity contribution in [2.75, 3.05) is 19.8 Å². The van der Waals surface area contributed by atoms with Crippen LogP contribution in [0.4, 0.5) is 0 Å². The molecule has 0 aromatic carbocycles. The predicted octanol–water partition coefficient (Wildman–Crippen LogP) is 2.36. The molecule has 1 atom stereocenters. The normalized spacial score (nSPS) is 17.3. The molecule has 1 aliphatic rings. The van der Waals surface area contributed by atoms with Crippen molar-refractivity contribution in [1.82, 2.24) is 19.9 Å². The van der Waals surface area contributed by atoms with E-state index in [-0.39, 0.29) is 11.9 Å². The zero-order chi connectivity index (χ0) is 18.2. The van der Waals surface area contributed by atoms with E-state index in [0.717, 1.165) is 37.1 Å². The Kier molecular flexibility index (Phi) is 6.66. The van der Waals surface area contributed by atoms with E-state index in [0.29, 0.717) is 26.2 Å². The van der Waals surface area contributed by atoms with Gasteiger partial charge in [-0.25, -0.2) is 0 Å². The van der Waals surface area contributed by atoms with Crippen molar-refractivity contribution in [2.24, 2.45) is 0 Å². The molecule has 1 aliphatic heterocycles. The van der Waals surface area contributed by atoms with Crippen molar-refractivity contribution < 1.29 is 9.53 Å². The van der Waals surface area contributed by atoms with Gasteiger partial charge in [-0.1, -0.05) is 0 Å². The highest BCUT2D eigenvalue weighted by atomic mass is 16.5. The fourth-order valence-electron chi connectivity index (χ4n) is 3.34. The Bertz CT molecular complexity index is 708. The smallest absolute Gasteiger partial charge is 0.222 e. The third-order valence-electron chi connectivity index (χ3n) is 4.85. The summed E-state index contributed by atoms with van der Waals surface area (Å²) in [6.45, 7) is 3.88. The lowest BCUT2D eigenvalue weighted by molar-refractivity contribution is -0.140. The lowest BCUT2D eigenvalue weighted by Gasteiger charge is -2.36. The zero-order valence-electron chi connectivity index (χ0n) is 15.3. The number of ether oxygens (including phenoxy) is 1. The van der Waals surface area contributed by atoms with Gasteiger partial charge in [-0.05, 0) is 50.3 Å². The molecule has 1 saturated heterocycles. The van der Waals surface area contributed by atoms with Crippen molar-refractivity contribution >= 4 is 5.91 Å². The molecule has 1 unspecified atom stereocenters. The summed E-state index contributed by atoms with van der Waals surface area (Å²) in [5.74, 6) is 0.225. The fraction of sp³-hybridized carbons (Fsp3) is 0.500. The van der Waals surface area contributed by atoms with Crippen LogP contribution in [0.2, 0.25) is 0 Å². The molecule has 1 amide bonds. The number of carbonyl (C=O) groups is 1. The molecule has 0 bridgehead atoms. The number of morpholine rings is 1. The average Bonchev–Trinajstić information content (AvgIpc) is 2.68. The topological polar surface area (TPSA) is 68.2 Å². The number of aromatic nitrogens is 3. The average molecular weight is 354 g/mol. The summed E-state index contributed by atoms with van der Waals surface area (Å²) < 4.78 is 5.62. The molecule has 0 aliphatic carbocycles. The van der Waals surface area contributed by atoms with Gasteiger partial charge in [0, 0.05) is 37.8 Å². The van der Waals surface area contributed by atoms with E-state index in [1.54, 1.807) is 24.8 Å². The summed E-state index contributed by atoms with van der Waals surface area (Å²) in [5.41, 5.74) is 3.19. The zero-order valence-corrected chi connectivity index (χ0v) is 15.3. The van der Waals surface area contributed by atoms with Crippen LogP contribution in [0.1, 0.15) is 36.2 Å². The summed E-state index contributed by atoms with van der Waals surface area (Å²) >= 11 is 0. The molecule has 26 heavy (non-hydrogen) atoms. The minimum absolute atomic E-state index is 0.124. The van der Waals surface area contributed by atoms with Gasteiger partial charge in [0.2, 0.25) is 5.91 Å². The number of nitrogens with zero attached hydrogens (tertiary/aromatic N) is 4. The van der Waals surface area contributed by atoms with E-state index in [9.17, 15) is 4.79 Å². The summed E-state index contributed by atoms with van der Waals surface area (Å²) in [6, 6.07) is 4.13. The van der Waals surface area contributed by atoms with Crippen molar-refractivity contribution in [3.8, 4) is 0 Å². The molecule has 3 heterocycles. The minimum Gasteiger partial charge on any atom is -0.377 e. The molecule has 1 fully saturated rings. The van der Waals surface area contributed by atoms with Crippen LogP contribution in [0.5, 0.6) is 0 Å². The second kappa shape index (κ2) is 9.38. The number of aryl methyl sites for hydroxylation is 3. The molecule has 138 valence electrons. The number of amides is 1. The van der Waals surface area contributed by atoms with Gasteiger partial charge in [0.1, 0.15) is 0 Å². The van der Waals surface area contributed by atoms with E-state index < -0.39 is 0 Å². The van der Waals surface area contributed by atoms with Gasteiger partial charge in [-0.2, -0.15) is 0 Å². The van der Waals surface area contributed by atoms with Crippen molar-refractivity contribution in [1.29, 1.82) is 0 Å². The molecule has 0 radical (unpaired) electrons. The van der Waals surface area contributed by atoms with Gasteiger partial charge in [0.05, 0.1) is 30.6 Å². The Hall–Kier alpha value is -2.34. The third-order valence-corrected chi connectivity index (χ3v) is 4.85. The largest absolute Gasteiger partial charge is 0.377 e. The van der Waals surface area contributed by atoms with E-state index in [2.05, 4.69) is 15.0 Å². The summed E-state index contributed by atoms with van der Waals surface area (Å²) in [5, 5.41) is 0. The molecule has 0 saturated carbocycles. The van der Waals surface area contributed by atoms with Crippen LogP contribution in [0, 0.1) is 6.92 Å². The van der Waals surface area contributed by atoms with E-state index in [4.69, 9.17) is 4.74 Å². The van der Waals surface area contributed by atoms with Crippen LogP contribution in [0.3, 0.4) is 0 Å². The summed E-state index contributed by atoms with van der Waals surface area (Å²) in [7, 11) is 0. The second-order valence-electron chi connectivity index (χ2n) is 6.65. The summed E-state index contributed by atoms with van der Waals surface area (Å²) in [4.78, 5) is 27.4. The lowest BCUT2D eigenvalue weighted by atomic mass is 10.0. The number of pyridine rings is 1. The highest BCUT2D eigenvalue weighted by Gasteiger charge is 2.26. The molecular formula is C20H26N4O2. The van der Waals surface area contributed by atoms with Crippen molar-refractivity contribution in [2.45, 2.75) is 45.1 Å². The lowest BCUT2D eigenvalue weighted by Crippen LogP contribution is -2.48. The van der Waals surface area contributed by atoms with E-state index in [1.807, 2.05) is 24.0 Å². The molecule has 0 N–H and O–H groups in total. The Morgan fingerprint density at radius 3 is 2.81 bits per heavy atom. The Labute approximate surface area is 154 Å². The van der Waals surface area contributed by atoms with Crippen LogP contribution in [0.25, 0.3) is 0 Å². The van der Waals surface area contributed by atoms with Crippen LogP contribution in [0.15, 0.2) is 36.9 Å². The van der Waals surface area contributed by atoms with Gasteiger partial charge in [-0.15, -0.1) is 0 Å². The molecule has 6 nitrogen and oxygen atoms in total. The van der Waals surface area contributed by atoms with Crippen LogP contribution in [-0.2, 0) is 22.4 Å². The number of hydrogen-bond acceptors (Lipinski definition) is 5. The van der Waals surface area contributed by atoms with Gasteiger partial charge in [0.25, 0.3) is 0 Å². The maximum atomic E-state index is 12.7. The SMILES string of the molecule is Cc1nccnc1CCC1COCCN1C(=O)CCCc1ccncc1. The van der Waals surface area contributed by atoms with Crippen LogP contribution < -0.4 is 0 Å². The number of carbonyl (C=O) groups excluding carboxylic acids is 1.